The Balaban J connectivity index is 2.06. The maximum absolute atomic E-state index is 13.7. The summed E-state index contributed by atoms with van der Waals surface area (Å²) in [6, 6.07) is 15.6. The second-order valence-corrected chi connectivity index (χ2v) is 4.83. The number of halogens is 1. The van der Waals surface area contributed by atoms with Gasteiger partial charge in [-0.15, -0.1) is 0 Å². The molecule has 0 spiro atoms. The molecule has 0 saturated heterocycles. The van der Waals surface area contributed by atoms with Crippen molar-refractivity contribution in [3.8, 4) is 0 Å². The van der Waals surface area contributed by atoms with Gasteiger partial charge >= 0.3 is 0 Å². The van der Waals surface area contributed by atoms with Crippen LogP contribution >= 0.6 is 0 Å². The van der Waals surface area contributed by atoms with Gasteiger partial charge in [0, 0.05) is 16.6 Å². The fraction of sp³-hybridized carbons (Fsp3) is 0.118. The molecule has 0 aliphatic carbocycles. The van der Waals surface area contributed by atoms with Crippen LogP contribution in [-0.4, -0.2) is 10.1 Å². The molecule has 20 heavy (non-hydrogen) atoms. The lowest BCUT2D eigenvalue weighted by Gasteiger charge is -2.13. The number of hydrogen-bond acceptors (Lipinski definition) is 2. The lowest BCUT2D eigenvalue weighted by Crippen LogP contribution is -2.02. The highest BCUT2D eigenvalue weighted by atomic mass is 19.1. The minimum atomic E-state index is -0.970. The molecule has 0 aliphatic heterocycles. The van der Waals surface area contributed by atoms with Crippen LogP contribution in [0.2, 0.25) is 0 Å². The van der Waals surface area contributed by atoms with Crippen molar-refractivity contribution in [2.75, 3.05) is 0 Å². The van der Waals surface area contributed by atoms with Gasteiger partial charge in [0.15, 0.2) is 0 Å². The number of aromatic nitrogens is 1. The van der Waals surface area contributed by atoms with Crippen molar-refractivity contribution >= 4 is 10.9 Å². The molecule has 0 aliphatic rings. The molecule has 2 nitrogen and oxygen atoms in total. The van der Waals surface area contributed by atoms with Gasteiger partial charge in [0.05, 0.1) is 5.52 Å². The lowest BCUT2D eigenvalue weighted by molar-refractivity contribution is 0.215. The van der Waals surface area contributed by atoms with E-state index >= 15 is 0 Å². The van der Waals surface area contributed by atoms with Crippen LogP contribution in [0.3, 0.4) is 0 Å². The van der Waals surface area contributed by atoms with Crippen LogP contribution in [0.25, 0.3) is 10.9 Å². The van der Waals surface area contributed by atoms with Crippen molar-refractivity contribution in [1.29, 1.82) is 0 Å². The number of fused-ring (bicyclic) bond motifs is 1. The summed E-state index contributed by atoms with van der Waals surface area (Å²) >= 11 is 0. The molecule has 1 aromatic heterocycles. The van der Waals surface area contributed by atoms with Gasteiger partial charge in [-0.2, -0.15) is 0 Å². The third kappa shape index (κ3) is 2.28. The normalized spacial score (nSPS) is 12.6. The SMILES string of the molecule is Cc1ccc2cc(C(O)c3ccccc3F)ccc2n1. The van der Waals surface area contributed by atoms with E-state index < -0.39 is 11.9 Å². The molecule has 0 fully saturated rings. The molecule has 1 atom stereocenters. The first kappa shape index (κ1) is 12.8. The Morgan fingerprint density at radius 3 is 2.65 bits per heavy atom. The second-order valence-electron chi connectivity index (χ2n) is 4.83. The summed E-state index contributed by atoms with van der Waals surface area (Å²) < 4.78 is 13.7. The number of rotatable bonds is 2. The van der Waals surface area contributed by atoms with Crippen molar-refractivity contribution in [3.63, 3.8) is 0 Å². The number of pyridine rings is 1. The van der Waals surface area contributed by atoms with Crippen LogP contribution in [-0.2, 0) is 0 Å². The minimum Gasteiger partial charge on any atom is -0.384 e. The molecule has 1 heterocycles. The number of benzene rings is 2. The molecule has 0 saturated carbocycles. The summed E-state index contributed by atoms with van der Waals surface area (Å²) in [6.45, 7) is 1.93. The zero-order valence-corrected chi connectivity index (χ0v) is 11.0. The highest BCUT2D eigenvalue weighted by Crippen LogP contribution is 2.26. The summed E-state index contributed by atoms with van der Waals surface area (Å²) in [5, 5.41) is 11.3. The number of nitrogens with zero attached hydrogens (tertiary/aromatic N) is 1. The number of aliphatic hydroxyl groups is 1. The molecule has 3 aromatic rings. The Kier molecular flexibility index (Phi) is 3.20. The molecule has 2 aromatic carbocycles. The van der Waals surface area contributed by atoms with Crippen molar-refractivity contribution in [2.45, 2.75) is 13.0 Å². The van der Waals surface area contributed by atoms with Crippen molar-refractivity contribution in [1.82, 2.24) is 4.98 Å². The van der Waals surface area contributed by atoms with E-state index in [0.29, 0.717) is 5.56 Å². The van der Waals surface area contributed by atoms with Crippen LogP contribution in [0.4, 0.5) is 4.39 Å². The van der Waals surface area contributed by atoms with Crippen LogP contribution in [0.15, 0.2) is 54.6 Å². The van der Waals surface area contributed by atoms with E-state index in [-0.39, 0.29) is 5.56 Å². The van der Waals surface area contributed by atoms with Crippen LogP contribution in [0.1, 0.15) is 22.9 Å². The molecule has 1 unspecified atom stereocenters. The summed E-state index contributed by atoms with van der Waals surface area (Å²) in [5.41, 5.74) is 2.76. The van der Waals surface area contributed by atoms with Gasteiger partial charge < -0.3 is 5.11 Å². The molecule has 3 heteroatoms. The van der Waals surface area contributed by atoms with Crippen LogP contribution in [0, 0.1) is 12.7 Å². The summed E-state index contributed by atoms with van der Waals surface area (Å²) in [6.07, 6.45) is -0.970. The highest BCUT2D eigenvalue weighted by Gasteiger charge is 2.14. The molecule has 100 valence electrons. The van der Waals surface area contributed by atoms with E-state index in [2.05, 4.69) is 4.98 Å². The first-order chi connectivity index (χ1) is 9.65. The largest absolute Gasteiger partial charge is 0.384 e. The maximum atomic E-state index is 13.7. The zero-order chi connectivity index (χ0) is 14.1. The Hall–Kier alpha value is -2.26. The topological polar surface area (TPSA) is 33.1 Å². The van der Waals surface area contributed by atoms with E-state index in [1.54, 1.807) is 24.3 Å². The van der Waals surface area contributed by atoms with Gasteiger partial charge in [-0.25, -0.2) is 4.39 Å². The number of hydrogen-bond donors (Lipinski definition) is 1. The molecular formula is C17H14FNO. The molecule has 3 rings (SSSR count). The third-order valence-electron chi connectivity index (χ3n) is 3.37. The first-order valence-electron chi connectivity index (χ1n) is 6.45. The monoisotopic (exact) mass is 267 g/mol. The fourth-order valence-electron chi connectivity index (χ4n) is 2.29. The van der Waals surface area contributed by atoms with Gasteiger partial charge in [0.1, 0.15) is 11.9 Å². The van der Waals surface area contributed by atoms with Crippen LogP contribution in [0.5, 0.6) is 0 Å². The Morgan fingerprint density at radius 2 is 1.85 bits per heavy atom. The first-order valence-corrected chi connectivity index (χ1v) is 6.45. The molecular weight excluding hydrogens is 253 g/mol. The highest BCUT2D eigenvalue weighted by molar-refractivity contribution is 5.79. The van der Waals surface area contributed by atoms with Gasteiger partial charge in [-0.1, -0.05) is 30.3 Å². The average molecular weight is 267 g/mol. The summed E-state index contributed by atoms with van der Waals surface area (Å²) in [7, 11) is 0. The third-order valence-corrected chi connectivity index (χ3v) is 3.37. The average Bonchev–Trinajstić information content (AvgIpc) is 2.46. The molecule has 0 radical (unpaired) electrons. The number of aliphatic hydroxyl groups excluding tert-OH is 1. The number of aryl methyl sites for hydroxylation is 1. The zero-order valence-electron chi connectivity index (χ0n) is 11.0. The van der Waals surface area contributed by atoms with Crippen molar-refractivity contribution in [2.24, 2.45) is 0 Å². The van der Waals surface area contributed by atoms with Crippen LogP contribution < -0.4 is 0 Å². The Labute approximate surface area is 116 Å². The summed E-state index contributed by atoms with van der Waals surface area (Å²) in [5.74, 6) is -0.401. The Morgan fingerprint density at radius 1 is 1.05 bits per heavy atom. The van der Waals surface area contributed by atoms with E-state index in [4.69, 9.17) is 0 Å². The smallest absolute Gasteiger partial charge is 0.129 e. The fourth-order valence-corrected chi connectivity index (χ4v) is 2.29. The molecule has 0 bridgehead atoms. The van der Waals surface area contributed by atoms with E-state index in [1.165, 1.54) is 6.07 Å². The van der Waals surface area contributed by atoms with E-state index in [1.807, 2.05) is 31.2 Å². The quantitative estimate of drug-likeness (QED) is 0.766. The summed E-state index contributed by atoms with van der Waals surface area (Å²) in [4.78, 5) is 4.41. The lowest BCUT2D eigenvalue weighted by atomic mass is 9.99. The predicted octanol–water partition coefficient (Wildman–Crippen LogP) is 3.76. The van der Waals surface area contributed by atoms with E-state index in [0.717, 1.165) is 16.6 Å². The van der Waals surface area contributed by atoms with Gasteiger partial charge in [-0.3, -0.25) is 4.98 Å². The van der Waals surface area contributed by atoms with Gasteiger partial charge in [0.2, 0.25) is 0 Å². The standard InChI is InChI=1S/C17H14FNO/c1-11-6-7-12-10-13(8-9-16(12)19-11)17(20)14-4-2-3-5-15(14)18/h2-10,17,20H,1H3. The maximum Gasteiger partial charge on any atom is 0.129 e. The molecule has 1 N–H and O–H groups in total. The minimum absolute atomic E-state index is 0.284. The molecule has 0 amide bonds. The second kappa shape index (κ2) is 5.02. The van der Waals surface area contributed by atoms with Gasteiger partial charge in [-0.05, 0) is 36.8 Å². The van der Waals surface area contributed by atoms with Crippen molar-refractivity contribution < 1.29 is 9.50 Å². The van der Waals surface area contributed by atoms with Crippen molar-refractivity contribution in [3.05, 3.63) is 77.2 Å². The predicted molar refractivity (Wildman–Crippen MR) is 76.9 cm³/mol. The van der Waals surface area contributed by atoms with Gasteiger partial charge in [0.25, 0.3) is 0 Å². The Bertz CT molecular complexity index is 770. The van der Waals surface area contributed by atoms with E-state index in [9.17, 15) is 9.50 Å².